The van der Waals surface area contributed by atoms with Gasteiger partial charge in [0, 0.05) is 18.4 Å². The van der Waals surface area contributed by atoms with Gasteiger partial charge in [0.05, 0.1) is 29.7 Å². The Hall–Kier alpha value is -2.77. The van der Waals surface area contributed by atoms with Gasteiger partial charge >= 0.3 is 18.1 Å². The first kappa shape index (κ1) is 23.5. The first-order valence-electron chi connectivity index (χ1n) is 9.33. The molecule has 1 aliphatic heterocycles. The van der Waals surface area contributed by atoms with E-state index in [-0.39, 0.29) is 11.1 Å². The molecular formula is C22H26F3NO4. The van der Waals surface area contributed by atoms with Crippen LogP contribution >= 0.6 is 0 Å². The van der Waals surface area contributed by atoms with Crippen molar-refractivity contribution in [2.75, 3.05) is 14.2 Å². The van der Waals surface area contributed by atoms with E-state index >= 15 is 0 Å². The highest BCUT2D eigenvalue weighted by Crippen LogP contribution is 2.43. The molecule has 164 valence electrons. The molecule has 2 rings (SSSR count). The summed E-state index contributed by atoms with van der Waals surface area (Å²) >= 11 is 0. The Morgan fingerprint density at radius 3 is 1.80 bits per heavy atom. The highest BCUT2D eigenvalue weighted by atomic mass is 19.4. The second-order valence-electron chi connectivity index (χ2n) is 8.10. The van der Waals surface area contributed by atoms with Crippen molar-refractivity contribution in [2.24, 2.45) is 0 Å². The predicted octanol–water partition coefficient (Wildman–Crippen LogP) is 4.80. The van der Waals surface area contributed by atoms with Crippen LogP contribution in [0.1, 0.15) is 51.7 Å². The Morgan fingerprint density at radius 1 is 0.933 bits per heavy atom. The van der Waals surface area contributed by atoms with Crippen molar-refractivity contribution in [3.8, 4) is 0 Å². The molecule has 0 aromatic heterocycles. The van der Waals surface area contributed by atoms with E-state index in [1.165, 1.54) is 19.2 Å². The second kappa shape index (κ2) is 8.16. The van der Waals surface area contributed by atoms with Crippen LogP contribution in [0.25, 0.3) is 0 Å². The Kier molecular flexibility index (Phi) is 6.40. The summed E-state index contributed by atoms with van der Waals surface area (Å²) < 4.78 is 49.5. The van der Waals surface area contributed by atoms with Crippen LogP contribution in [0.2, 0.25) is 0 Å². The number of halogens is 3. The Bertz CT molecular complexity index is 906. The molecule has 30 heavy (non-hydrogen) atoms. The molecule has 1 heterocycles. The summed E-state index contributed by atoms with van der Waals surface area (Å²) in [7, 11) is 2.91. The van der Waals surface area contributed by atoms with Crippen LogP contribution in [0.15, 0.2) is 46.8 Å². The number of esters is 2. The van der Waals surface area contributed by atoms with Crippen LogP contribution in [0.3, 0.4) is 0 Å². The minimum Gasteiger partial charge on any atom is -0.466 e. The number of rotatable bonds is 3. The van der Waals surface area contributed by atoms with Crippen molar-refractivity contribution >= 4 is 11.9 Å². The molecule has 0 amide bonds. The summed E-state index contributed by atoms with van der Waals surface area (Å²) in [5.74, 6) is -2.24. The van der Waals surface area contributed by atoms with Crippen LogP contribution in [-0.4, -0.2) is 36.6 Å². The van der Waals surface area contributed by atoms with E-state index in [0.29, 0.717) is 17.0 Å². The molecule has 0 saturated carbocycles. The molecule has 1 aromatic rings. The Balaban J connectivity index is 2.71. The van der Waals surface area contributed by atoms with E-state index in [1.54, 1.807) is 46.6 Å². The topological polar surface area (TPSA) is 55.8 Å². The maximum atomic E-state index is 13.1. The lowest BCUT2D eigenvalue weighted by Gasteiger charge is -2.36. The zero-order valence-corrected chi connectivity index (χ0v) is 18.1. The summed E-state index contributed by atoms with van der Waals surface area (Å²) in [6.45, 7) is 8.53. The molecule has 0 radical (unpaired) electrons. The number of alkyl halides is 3. The SMILES string of the molecule is COC(=O)C1=C(C)N(C)C(C)=C(C(=O)OC(C)(C)C)C1c1ccc(C(F)(F)F)cc1. The number of carbonyl (C=O) groups is 2. The quantitative estimate of drug-likeness (QED) is 0.652. The first-order valence-corrected chi connectivity index (χ1v) is 9.33. The molecule has 8 heteroatoms. The van der Waals surface area contributed by atoms with Gasteiger partial charge in [0.15, 0.2) is 0 Å². The second-order valence-corrected chi connectivity index (χ2v) is 8.10. The molecule has 1 atom stereocenters. The van der Waals surface area contributed by atoms with Crippen molar-refractivity contribution in [1.29, 1.82) is 0 Å². The fourth-order valence-corrected chi connectivity index (χ4v) is 3.35. The highest BCUT2D eigenvalue weighted by Gasteiger charge is 2.41. The van der Waals surface area contributed by atoms with Gasteiger partial charge in [-0.05, 0) is 52.3 Å². The smallest absolute Gasteiger partial charge is 0.416 e. The van der Waals surface area contributed by atoms with Crippen LogP contribution in [0.5, 0.6) is 0 Å². The fourth-order valence-electron chi connectivity index (χ4n) is 3.35. The molecule has 0 aliphatic carbocycles. The minimum absolute atomic E-state index is 0.172. The zero-order chi connectivity index (χ0) is 23.0. The standard InChI is InChI=1S/C22H26F3NO4/c1-12-16(19(27)29-7)18(14-8-10-15(11-9-14)22(23,24)25)17(13(2)26(12)6)20(28)30-21(3,4)5/h8-11,18H,1-7H3. The molecule has 1 aromatic carbocycles. The summed E-state index contributed by atoms with van der Waals surface area (Å²) in [5.41, 5.74) is 0.172. The van der Waals surface area contributed by atoms with Crippen molar-refractivity contribution < 1.29 is 32.2 Å². The van der Waals surface area contributed by atoms with Gasteiger partial charge in [-0.2, -0.15) is 13.2 Å². The van der Waals surface area contributed by atoms with Gasteiger partial charge in [0.2, 0.25) is 0 Å². The van der Waals surface area contributed by atoms with E-state index in [4.69, 9.17) is 9.47 Å². The number of carbonyl (C=O) groups excluding carboxylic acids is 2. The Labute approximate surface area is 174 Å². The van der Waals surface area contributed by atoms with E-state index in [9.17, 15) is 22.8 Å². The predicted molar refractivity (Wildman–Crippen MR) is 105 cm³/mol. The van der Waals surface area contributed by atoms with Crippen LogP contribution in [-0.2, 0) is 25.2 Å². The first-order chi connectivity index (χ1) is 13.7. The van der Waals surface area contributed by atoms with Crippen LogP contribution in [0, 0.1) is 0 Å². The fraction of sp³-hybridized carbons (Fsp3) is 0.455. The molecule has 5 nitrogen and oxygen atoms in total. The summed E-state index contributed by atoms with van der Waals surface area (Å²) in [4.78, 5) is 27.4. The third-order valence-corrected chi connectivity index (χ3v) is 4.96. The average Bonchev–Trinajstić information content (AvgIpc) is 2.63. The molecule has 0 bridgehead atoms. The molecular weight excluding hydrogens is 399 g/mol. The molecule has 0 fully saturated rings. The third-order valence-electron chi connectivity index (χ3n) is 4.96. The largest absolute Gasteiger partial charge is 0.466 e. The van der Waals surface area contributed by atoms with Gasteiger partial charge in [0.25, 0.3) is 0 Å². The number of methoxy groups -OCH3 is 1. The minimum atomic E-state index is -4.50. The van der Waals surface area contributed by atoms with Crippen molar-refractivity contribution in [3.63, 3.8) is 0 Å². The average molecular weight is 425 g/mol. The van der Waals surface area contributed by atoms with Gasteiger partial charge < -0.3 is 14.4 Å². The monoisotopic (exact) mass is 425 g/mol. The van der Waals surface area contributed by atoms with E-state index < -0.39 is 35.2 Å². The lowest BCUT2D eigenvalue weighted by Crippen LogP contribution is -2.35. The number of benzene rings is 1. The van der Waals surface area contributed by atoms with Crippen LogP contribution < -0.4 is 0 Å². The number of hydrogen-bond donors (Lipinski definition) is 0. The summed E-state index contributed by atoms with van der Waals surface area (Å²) in [6, 6.07) is 4.40. The lowest BCUT2D eigenvalue weighted by molar-refractivity contribution is -0.150. The van der Waals surface area contributed by atoms with Gasteiger partial charge in [0.1, 0.15) is 5.60 Å². The van der Waals surface area contributed by atoms with Crippen molar-refractivity contribution in [3.05, 3.63) is 57.9 Å². The molecule has 1 aliphatic rings. The van der Waals surface area contributed by atoms with E-state index in [1.807, 2.05) is 0 Å². The summed E-state index contributed by atoms with van der Waals surface area (Å²) in [6.07, 6.45) is -4.50. The van der Waals surface area contributed by atoms with E-state index in [2.05, 4.69) is 0 Å². The maximum absolute atomic E-state index is 13.1. The van der Waals surface area contributed by atoms with Crippen molar-refractivity contribution in [1.82, 2.24) is 4.90 Å². The van der Waals surface area contributed by atoms with Crippen molar-refractivity contribution in [2.45, 2.75) is 52.3 Å². The molecule has 0 saturated heterocycles. The van der Waals surface area contributed by atoms with Gasteiger partial charge in [-0.3, -0.25) is 0 Å². The molecule has 0 N–H and O–H groups in total. The molecule has 0 spiro atoms. The summed E-state index contributed by atoms with van der Waals surface area (Å²) in [5, 5.41) is 0. The number of allylic oxidation sites excluding steroid dienone is 2. The molecule has 1 unspecified atom stereocenters. The van der Waals surface area contributed by atoms with Gasteiger partial charge in [-0.25, -0.2) is 9.59 Å². The number of ether oxygens (including phenoxy) is 2. The zero-order valence-electron chi connectivity index (χ0n) is 18.1. The third kappa shape index (κ3) is 4.68. The number of nitrogens with zero attached hydrogens (tertiary/aromatic N) is 1. The lowest BCUT2D eigenvalue weighted by atomic mass is 9.79. The normalized spacial score (nSPS) is 17.9. The maximum Gasteiger partial charge on any atom is 0.416 e. The Morgan fingerprint density at radius 2 is 1.40 bits per heavy atom. The highest BCUT2D eigenvalue weighted by molar-refractivity contribution is 6.00. The van der Waals surface area contributed by atoms with Gasteiger partial charge in [-0.1, -0.05) is 12.1 Å². The number of hydrogen-bond acceptors (Lipinski definition) is 5. The van der Waals surface area contributed by atoms with Crippen LogP contribution in [0.4, 0.5) is 13.2 Å². The van der Waals surface area contributed by atoms with E-state index in [0.717, 1.165) is 12.1 Å². The van der Waals surface area contributed by atoms with Gasteiger partial charge in [-0.15, -0.1) is 0 Å².